The van der Waals surface area contributed by atoms with E-state index in [1.807, 2.05) is 24.0 Å². The average Bonchev–Trinajstić information content (AvgIpc) is 3.58. The van der Waals surface area contributed by atoms with E-state index in [0.717, 1.165) is 25.2 Å². The van der Waals surface area contributed by atoms with Crippen LogP contribution >= 0.6 is 11.6 Å². The summed E-state index contributed by atoms with van der Waals surface area (Å²) in [6.07, 6.45) is 0.538. The Morgan fingerprint density at radius 1 is 1.00 bits per heavy atom. The molecule has 2 aromatic rings. The fraction of sp³-hybridized carbons (Fsp3) is 0.600. The number of ether oxygens (including phenoxy) is 1. The summed E-state index contributed by atoms with van der Waals surface area (Å²) in [6.45, 7) is 11.1. The van der Waals surface area contributed by atoms with Gasteiger partial charge in [0.25, 0.3) is 11.5 Å². The third-order valence-corrected chi connectivity index (χ3v) is 10.5. The number of pyridine rings is 1. The third-order valence-electron chi connectivity index (χ3n) is 10.1. The van der Waals surface area contributed by atoms with Crippen molar-refractivity contribution in [2.45, 2.75) is 72.3 Å². The van der Waals surface area contributed by atoms with E-state index >= 15 is 0 Å². The lowest BCUT2D eigenvalue weighted by atomic mass is 9.85. The summed E-state index contributed by atoms with van der Waals surface area (Å²) in [5, 5.41) is 0.560. The predicted molar refractivity (Wildman–Crippen MR) is 176 cm³/mol. The van der Waals surface area contributed by atoms with Crippen LogP contribution < -0.4 is 10.5 Å². The maximum Gasteiger partial charge on any atom is 0.326 e. The smallest absolute Gasteiger partial charge is 0.326 e. The molecule has 2 aliphatic heterocycles. The largest absolute Gasteiger partial charge is 0.465 e. The average molecular weight is 675 g/mol. The number of carbonyl (C=O) groups excluding carboxylic acids is 3. The highest BCUT2D eigenvalue weighted by atomic mass is 35.5. The number of benzene rings is 1. The van der Waals surface area contributed by atoms with Gasteiger partial charge in [0.1, 0.15) is 6.54 Å². The molecule has 9 nitrogen and oxygen atoms in total. The number of carbonyl (C=O) groups is 3. The quantitative estimate of drug-likeness (QED) is 0.320. The number of nitrogens with zero attached hydrogens (tertiary/aromatic N) is 4. The SMILES string of the molecule is CCOC(=O)Cn1c(C)c(C(=O)N2CC3CN(CCCN(C(=O)C4CCC(F)(F)CC4)c4ccc(C)c(Cl)c4)CC3C2)c(C)cc1=O. The lowest BCUT2D eigenvalue weighted by molar-refractivity contribution is -0.143. The monoisotopic (exact) mass is 674 g/mol. The van der Waals surface area contributed by atoms with E-state index in [2.05, 4.69) is 4.90 Å². The van der Waals surface area contributed by atoms with Crippen LogP contribution in [0.25, 0.3) is 0 Å². The number of amides is 2. The van der Waals surface area contributed by atoms with Gasteiger partial charge in [0, 0.05) is 74.0 Å². The van der Waals surface area contributed by atoms with Gasteiger partial charge in [-0.1, -0.05) is 17.7 Å². The van der Waals surface area contributed by atoms with Gasteiger partial charge in [-0.2, -0.15) is 0 Å². The van der Waals surface area contributed by atoms with Gasteiger partial charge in [-0.3, -0.25) is 19.2 Å². The second-order valence-corrected chi connectivity index (χ2v) is 13.8. The molecule has 1 saturated carbocycles. The molecule has 2 atom stereocenters. The molecule has 1 aromatic carbocycles. The fourth-order valence-electron chi connectivity index (χ4n) is 7.45. The number of alkyl halides is 2. The van der Waals surface area contributed by atoms with Crippen molar-refractivity contribution in [2.24, 2.45) is 17.8 Å². The van der Waals surface area contributed by atoms with Crippen LogP contribution in [0.5, 0.6) is 0 Å². The Balaban J connectivity index is 1.19. The molecule has 0 bridgehead atoms. The minimum absolute atomic E-state index is 0.118. The Hall–Kier alpha value is -3.31. The van der Waals surface area contributed by atoms with Crippen molar-refractivity contribution in [3.8, 4) is 0 Å². The number of fused-ring (bicyclic) bond motifs is 1. The maximum absolute atomic E-state index is 13.8. The summed E-state index contributed by atoms with van der Waals surface area (Å²) < 4.78 is 34.0. The van der Waals surface area contributed by atoms with E-state index in [-0.39, 0.29) is 56.2 Å². The van der Waals surface area contributed by atoms with Crippen LogP contribution in [-0.2, 0) is 20.9 Å². The molecule has 47 heavy (non-hydrogen) atoms. The summed E-state index contributed by atoms with van der Waals surface area (Å²) in [4.78, 5) is 58.1. The first-order chi connectivity index (χ1) is 22.3. The molecule has 3 fully saturated rings. The normalized spacial score (nSPS) is 21.1. The first-order valence-corrected chi connectivity index (χ1v) is 17.0. The van der Waals surface area contributed by atoms with Crippen LogP contribution in [0, 0.1) is 38.5 Å². The number of hydrogen-bond donors (Lipinski definition) is 0. The van der Waals surface area contributed by atoms with Gasteiger partial charge >= 0.3 is 5.97 Å². The topological polar surface area (TPSA) is 92.2 Å². The molecule has 3 aliphatic rings. The highest BCUT2D eigenvalue weighted by Crippen LogP contribution is 2.38. The molecule has 0 radical (unpaired) electrons. The predicted octanol–water partition coefficient (Wildman–Crippen LogP) is 5.24. The Morgan fingerprint density at radius 3 is 2.28 bits per heavy atom. The number of esters is 1. The number of halogens is 3. The van der Waals surface area contributed by atoms with Crippen LogP contribution in [-0.4, -0.2) is 83.9 Å². The van der Waals surface area contributed by atoms with Crippen LogP contribution in [0.1, 0.15) is 66.2 Å². The molecular formula is C35H45ClF2N4O5. The molecule has 3 heterocycles. The Kier molecular flexibility index (Phi) is 10.8. The molecule has 2 unspecified atom stereocenters. The molecule has 2 saturated heterocycles. The van der Waals surface area contributed by atoms with Crippen LogP contribution in [0.2, 0.25) is 5.02 Å². The van der Waals surface area contributed by atoms with Crippen molar-refractivity contribution in [1.29, 1.82) is 0 Å². The number of likely N-dealkylation sites (tertiary alicyclic amines) is 2. The van der Waals surface area contributed by atoms with E-state index in [1.165, 1.54) is 10.6 Å². The van der Waals surface area contributed by atoms with Crippen molar-refractivity contribution in [3.63, 3.8) is 0 Å². The van der Waals surface area contributed by atoms with Crippen LogP contribution in [0.4, 0.5) is 14.5 Å². The molecule has 2 amide bonds. The minimum atomic E-state index is -2.70. The zero-order chi connectivity index (χ0) is 34.0. The van der Waals surface area contributed by atoms with Crippen molar-refractivity contribution >= 4 is 35.1 Å². The summed E-state index contributed by atoms with van der Waals surface area (Å²) >= 11 is 6.41. The van der Waals surface area contributed by atoms with Gasteiger partial charge in [0.2, 0.25) is 11.8 Å². The van der Waals surface area contributed by atoms with E-state index in [9.17, 15) is 28.0 Å². The number of aromatic nitrogens is 1. The third kappa shape index (κ3) is 7.88. The molecule has 0 N–H and O–H groups in total. The highest BCUT2D eigenvalue weighted by molar-refractivity contribution is 6.31. The zero-order valence-electron chi connectivity index (χ0n) is 27.7. The molecule has 0 spiro atoms. The summed E-state index contributed by atoms with van der Waals surface area (Å²) in [5.74, 6) is -3.29. The lowest BCUT2D eigenvalue weighted by Crippen LogP contribution is -2.41. The number of aryl methyl sites for hydroxylation is 2. The fourth-order valence-corrected chi connectivity index (χ4v) is 7.62. The molecule has 1 aromatic heterocycles. The van der Waals surface area contributed by atoms with E-state index in [4.69, 9.17) is 16.3 Å². The van der Waals surface area contributed by atoms with Crippen molar-refractivity contribution in [1.82, 2.24) is 14.4 Å². The zero-order valence-corrected chi connectivity index (χ0v) is 28.5. The first-order valence-electron chi connectivity index (χ1n) is 16.6. The Labute approximate surface area is 279 Å². The first kappa shape index (κ1) is 35.0. The van der Waals surface area contributed by atoms with Gasteiger partial charge in [-0.05, 0) is 88.6 Å². The Morgan fingerprint density at radius 2 is 1.66 bits per heavy atom. The molecular weight excluding hydrogens is 630 g/mol. The minimum Gasteiger partial charge on any atom is -0.465 e. The Bertz CT molecular complexity index is 1560. The lowest BCUT2D eigenvalue weighted by Gasteiger charge is -2.32. The van der Waals surface area contributed by atoms with Crippen LogP contribution in [0.15, 0.2) is 29.1 Å². The van der Waals surface area contributed by atoms with Gasteiger partial charge in [-0.25, -0.2) is 8.78 Å². The van der Waals surface area contributed by atoms with Gasteiger partial charge in [-0.15, -0.1) is 0 Å². The summed E-state index contributed by atoms with van der Waals surface area (Å²) in [7, 11) is 0. The van der Waals surface area contributed by atoms with Gasteiger partial charge in [0.05, 0.1) is 12.2 Å². The molecule has 5 rings (SSSR count). The standard InChI is InChI=1S/C35H45ClF2N4O5/c1-5-47-31(44)21-42-24(4)32(23(3)15-30(42)43)34(46)40-19-26-17-39(18-27(26)20-40)13-6-14-41(28-8-7-22(2)29(36)16-28)33(45)25-9-11-35(37,38)12-10-25/h7-8,15-16,25-27H,5-6,9-14,17-21H2,1-4H3. The van der Waals surface area contributed by atoms with Crippen molar-refractivity contribution < 1.29 is 27.9 Å². The highest BCUT2D eigenvalue weighted by Gasteiger charge is 2.42. The van der Waals surface area contributed by atoms with E-state index in [0.29, 0.717) is 65.4 Å². The number of rotatable bonds is 10. The van der Waals surface area contributed by atoms with Crippen LogP contribution in [0.3, 0.4) is 0 Å². The van der Waals surface area contributed by atoms with Gasteiger partial charge < -0.3 is 24.0 Å². The number of anilines is 1. The van der Waals surface area contributed by atoms with Gasteiger partial charge in [0.15, 0.2) is 0 Å². The van der Waals surface area contributed by atoms with E-state index in [1.54, 1.807) is 31.7 Å². The summed E-state index contributed by atoms with van der Waals surface area (Å²) in [5.41, 5.74) is 2.75. The second kappa shape index (κ2) is 14.4. The summed E-state index contributed by atoms with van der Waals surface area (Å²) in [6, 6.07) is 6.93. The maximum atomic E-state index is 13.8. The van der Waals surface area contributed by atoms with Crippen molar-refractivity contribution in [2.75, 3.05) is 50.8 Å². The van der Waals surface area contributed by atoms with E-state index < -0.39 is 17.8 Å². The molecule has 1 aliphatic carbocycles. The van der Waals surface area contributed by atoms with Crippen molar-refractivity contribution in [3.05, 3.63) is 62.0 Å². The second-order valence-electron chi connectivity index (χ2n) is 13.4. The molecule has 256 valence electrons. The number of hydrogen-bond acceptors (Lipinski definition) is 6. The molecule has 12 heteroatoms.